The summed E-state index contributed by atoms with van der Waals surface area (Å²) in [6.07, 6.45) is -0.223. The van der Waals surface area contributed by atoms with Crippen LogP contribution in [0.25, 0.3) is 0 Å². The molecule has 0 aliphatic heterocycles. The molecule has 0 heterocycles. The van der Waals surface area contributed by atoms with Gasteiger partial charge in [0.05, 0.1) is 0 Å². The molecule has 0 aromatic heterocycles. The second-order valence-corrected chi connectivity index (χ2v) is 3.91. The van der Waals surface area contributed by atoms with E-state index in [0.717, 1.165) is 16.3 Å². The first kappa shape index (κ1) is 11.0. The van der Waals surface area contributed by atoms with Crippen LogP contribution in [0.1, 0.15) is 11.7 Å². The Kier molecular flexibility index (Phi) is 3.47. The van der Waals surface area contributed by atoms with Crippen molar-refractivity contribution in [3.63, 3.8) is 0 Å². The lowest BCUT2D eigenvalue weighted by molar-refractivity contribution is 0.253. The SMILES string of the molecule is [CH2]C(Oc1ccccc1)c1ccc(Cl)cc1. The van der Waals surface area contributed by atoms with Crippen LogP contribution < -0.4 is 4.74 Å². The highest BCUT2D eigenvalue weighted by atomic mass is 35.5. The van der Waals surface area contributed by atoms with Gasteiger partial charge in [-0.3, -0.25) is 0 Å². The fourth-order valence-corrected chi connectivity index (χ4v) is 1.53. The van der Waals surface area contributed by atoms with Gasteiger partial charge in [0.2, 0.25) is 0 Å². The van der Waals surface area contributed by atoms with Crippen LogP contribution in [-0.2, 0) is 0 Å². The lowest BCUT2D eigenvalue weighted by Gasteiger charge is -2.14. The van der Waals surface area contributed by atoms with Crippen molar-refractivity contribution in [2.24, 2.45) is 0 Å². The van der Waals surface area contributed by atoms with Crippen molar-refractivity contribution < 1.29 is 4.74 Å². The molecule has 2 aromatic carbocycles. The number of benzene rings is 2. The molecular formula is C14H12ClO. The molecule has 1 atom stereocenters. The van der Waals surface area contributed by atoms with E-state index >= 15 is 0 Å². The smallest absolute Gasteiger partial charge is 0.124 e. The molecule has 0 spiro atoms. The number of hydrogen-bond donors (Lipinski definition) is 0. The van der Waals surface area contributed by atoms with Crippen LogP contribution in [0.15, 0.2) is 54.6 Å². The Morgan fingerprint density at radius 3 is 2.19 bits per heavy atom. The Morgan fingerprint density at radius 2 is 1.56 bits per heavy atom. The quantitative estimate of drug-likeness (QED) is 0.766. The molecule has 2 aromatic rings. The average Bonchev–Trinajstić information content (AvgIpc) is 2.31. The van der Waals surface area contributed by atoms with Crippen LogP contribution >= 0.6 is 11.6 Å². The summed E-state index contributed by atoms with van der Waals surface area (Å²) in [6.45, 7) is 3.97. The van der Waals surface area contributed by atoms with Gasteiger partial charge >= 0.3 is 0 Å². The molecule has 0 bridgehead atoms. The molecule has 0 aliphatic carbocycles. The third kappa shape index (κ3) is 2.77. The van der Waals surface area contributed by atoms with Gasteiger partial charge in [-0.25, -0.2) is 0 Å². The Hall–Kier alpha value is -1.47. The molecular weight excluding hydrogens is 220 g/mol. The molecule has 16 heavy (non-hydrogen) atoms. The van der Waals surface area contributed by atoms with Crippen molar-refractivity contribution in [2.75, 3.05) is 0 Å². The fraction of sp³-hybridized carbons (Fsp3) is 0.0714. The zero-order valence-electron chi connectivity index (χ0n) is 8.77. The third-order valence-electron chi connectivity index (χ3n) is 2.26. The first-order valence-electron chi connectivity index (χ1n) is 5.06. The highest BCUT2D eigenvalue weighted by Gasteiger charge is 2.06. The summed E-state index contributed by atoms with van der Waals surface area (Å²) in [5.74, 6) is 0.817. The van der Waals surface area contributed by atoms with Gasteiger partial charge < -0.3 is 4.74 Å². The van der Waals surface area contributed by atoms with E-state index in [9.17, 15) is 0 Å². The van der Waals surface area contributed by atoms with Crippen molar-refractivity contribution in [2.45, 2.75) is 6.10 Å². The molecule has 2 rings (SSSR count). The highest BCUT2D eigenvalue weighted by Crippen LogP contribution is 2.22. The summed E-state index contributed by atoms with van der Waals surface area (Å²) in [6, 6.07) is 17.2. The van der Waals surface area contributed by atoms with Gasteiger partial charge in [-0.15, -0.1) is 0 Å². The minimum Gasteiger partial charge on any atom is -0.486 e. The minimum absolute atomic E-state index is 0.223. The third-order valence-corrected chi connectivity index (χ3v) is 2.52. The van der Waals surface area contributed by atoms with Crippen LogP contribution in [0.5, 0.6) is 5.75 Å². The summed E-state index contributed by atoms with van der Waals surface area (Å²) in [7, 11) is 0. The highest BCUT2D eigenvalue weighted by molar-refractivity contribution is 6.30. The van der Waals surface area contributed by atoms with Crippen molar-refractivity contribution in [3.05, 3.63) is 72.1 Å². The molecule has 0 amide bonds. The van der Waals surface area contributed by atoms with E-state index < -0.39 is 0 Å². The van der Waals surface area contributed by atoms with Crippen molar-refractivity contribution in [3.8, 4) is 5.75 Å². The first-order valence-corrected chi connectivity index (χ1v) is 5.44. The van der Waals surface area contributed by atoms with Crippen molar-refractivity contribution in [1.29, 1.82) is 0 Å². The first-order chi connectivity index (χ1) is 7.75. The second kappa shape index (κ2) is 5.04. The van der Waals surface area contributed by atoms with Gasteiger partial charge in [0.25, 0.3) is 0 Å². The lowest BCUT2D eigenvalue weighted by Crippen LogP contribution is -2.02. The molecule has 1 nitrogen and oxygen atoms in total. The number of rotatable bonds is 3. The van der Waals surface area contributed by atoms with E-state index in [1.807, 2.05) is 54.6 Å². The minimum atomic E-state index is -0.223. The van der Waals surface area contributed by atoms with Crippen LogP contribution in [0.2, 0.25) is 5.02 Å². The topological polar surface area (TPSA) is 9.23 Å². The Labute approximate surface area is 101 Å². The van der Waals surface area contributed by atoms with Gasteiger partial charge in [0.15, 0.2) is 0 Å². The summed E-state index contributed by atoms with van der Waals surface area (Å²) in [5, 5.41) is 0.718. The molecule has 2 heteroatoms. The number of hydrogen-bond acceptors (Lipinski definition) is 1. The maximum atomic E-state index is 5.82. The lowest BCUT2D eigenvalue weighted by atomic mass is 10.1. The zero-order chi connectivity index (χ0) is 11.4. The molecule has 0 N–H and O–H groups in total. The van der Waals surface area contributed by atoms with Crippen molar-refractivity contribution >= 4 is 11.6 Å². The number of ether oxygens (including phenoxy) is 1. The number of para-hydroxylation sites is 1. The summed E-state index contributed by atoms with van der Waals surface area (Å²) < 4.78 is 5.69. The molecule has 1 unspecified atom stereocenters. The fourth-order valence-electron chi connectivity index (χ4n) is 1.41. The molecule has 81 valence electrons. The van der Waals surface area contributed by atoms with Gasteiger partial charge in [0, 0.05) is 5.02 Å². The maximum absolute atomic E-state index is 5.82. The number of halogens is 1. The predicted molar refractivity (Wildman–Crippen MR) is 66.6 cm³/mol. The Balaban J connectivity index is 2.09. The van der Waals surface area contributed by atoms with E-state index in [0.29, 0.717) is 0 Å². The van der Waals surface area contributed by atoms with Gasteiger partial charge in [-0.1, -0.05) is 41.9 Å². The maximum Gasteiger partial charge on any atom is 0.124 e. The van der Waals surface area contributed by atoms with Gasteiger partial charge in [-0.2, -0.15) is 0 Å². The van der Waals surface area contributed by atoms with Crippen LogP contribution in [0.3, 0.4) is 0 Å². The van der Waals surface area contributed by atoms with E-state index in [-0.39, 0.29) is 6.10 Å². The molecule has 0 saturated heterocycles. The van der Waals surface area contributed by atoms with E-state index in [1.165, 1.54) is 0 Å². The molecule has 0 fully saturated rings. The van der Waals surface area contributed by atoms with E-state index in [1.54, 1.807) is 0 Å². The van der Waals surface area contributed by atoms with Crippen molar-refractivity contribution in [1.82, 2.24) is 0 Å². The largest absolute Gasteiger partial charge is 0.486 e. The van der Waals surface area contributed by atoms with Crippen LogP contribution in [-0.4, -0.2) is 0 Å². The van der Waals surface area contributed by atoms with Gasteiger partial charge in [-0.05, 0) is 36.8 Å². The predicted octanol–water partition coefficient (Wildman–Crippen LogP) is 4.29. The molecule has 0 aliphatic rings. The summed E-state index contributed by atoms with van der Waals surface area (Å²) in [4.78, 5) is 0. The Bertz CT molecular complexity index is 436. The summed E-state index contributed by atoms with van der Waals surface area (Å²) in [5.41, 5.74) is 1.01. The molecule has 1 radical (unpaired) electrons. The van der Waals surface area contributed by atoms with Crippen LogP contribution in [0.4, 0.5) is 0 Å². The standard InChI is InChI=1S/C14H12ClO/c1-11(12-7-9-13(15)10-8-12)16-14-5-3-2-4-6-14/h2-11H,1H2. The monoisotopic (exact) mass is 231 g/mol. The average molecular weight is 232 g/mol. The van der Waals surface area contributed by atoms with Gasteiger partial charge in [0.1, 0.15) is 11.9 Å². The van der Waals surface area contributed by atoms with E-state index in [2.05, 4.69) is 6.92 Å². The zero-order valence-corrected chi connectivity index (χ0v) is 9.52. The normalized spacial score (nSPS) is 12.1. The Morgan fingerprint density at radius 1 is 0.938 bits per heavy atom. The molecule has 0 saturated carbocycles. The second-order valence-electron chi connectivity index (χ2n) is 3.47. The summed E-state index contributed by atoms with van der Waals surface area (Å²) >= 11 is 5.82. The van der Waals surface area contributed by atoms with E-state index in [4.69, 9.17) is 16.3 Å². The van der Waals surface area contributed by atoms with Crippen LogP contribution in [0, 0.1) is 6.92 Å².